The molecule has 7 heteroatoms. The predicted molar refractivity (Wildman–Crippen MR) is 92.9 cm³/mol. The first kappa shape index (κ1) is 16.9. The molecule has 0 atom stereocenters. The number of esters is 1. The zero-order valence-corrected chi connectivity index (χ0v) is 14.1. The van der Waals surface area contributed by atoms with E-state index in [1.807, 2.05) is 4.90 Å². The van der Waals surface area contributed by atoms with Gasteiger partial charge in [0.2, 0.25) is 5.95 Å². The summed E-state index contributed by atoms with van der Waals surface area (Å²) in [6, 6.07) is 8.39. The highest BCUT2D eigenvalue weighted by Gasteiger charge is 2.19. The maximum atomic E-state index is 12.5. The van der Waals surface area contributed by atoms with Crippen LogP contribution in [-0.4, -0.2) is 46.9 Å². The lowest BCUT2D eigenvalue weighted by atomic mass is 10.1. The fraction of sp³-hybridized carbons (Fsp3) is 0.333. The van der Waals surface area contributed by atoms with Crippen LogP contribution in [0.2, 0.25) is 0 Å². The van der Waals surface area contributed by atoms with Gasteiger partial charge >= 0.3 is 5.97 Å². The lowest BCUT2D eigenvalue weighted by Gasteiger charge is -2.26. The third-order valence-electron chi connectivity index (χ3n) is 4.08. The van der Waals surface area contributed by atoms with Crippen LogP contribution in [0.5, 0.6) is 0 Å². The summed E-state index contributed by atoms with van der Waals surface area (Å²) >= 11 is 0. The summed E-state index contributed by atoms with van der Waals surface area (Å²) in [5.74, 6) is -0.114. The van der Waals surface area contributed by atoms with E-state index in [0.717, 1.165) is 31.6 Å². The molecule has 0 spiro atoms. The SMILES string of the molecule is COC(=O)c1ccc(Nc2nccc(C(=O)N3CCCCC3)n2)cc1. The Bertz CT molecular complexity index is 755. The molecule has 0 radical (unpaired) electrons. The van der Waals surface area contributed by atoms with E-state index in [9.17, 15) is 9.59 Å². The van der Waals surface area contributed by atoms with Gasteiger partial charge in [-0.2, -0.15) is 0 Å². The minimum absolute atomic E-state index is 0.0637. The molecule has 1 amide bonds. The van der Waals surface area contributed by atoms with Crippen molar-refractivity contribution in [1.82, 2.24) is 14.9 Å². The van der Waals surface area contributed by atoms with Crippen molar-refractivity contribution in [2.75, 3.05) is 25.5 Å². The second-order valence-corrected chi connectivity index (χ2v) is 5.81. The molecule has 1 saturated heterocycles. The van der Waals surface area contributed by atoms with Crippen LogP contribution in [0.15, 0.2) is 36.5 Å². The molecule has 0 unspecified atom stereocenters. The van der Waals surface area contributed by atoms with Gasteiger partial charge in [0, 0.05) is 25.0 Å². The van der Waals surface area contributed by atoms with Crippen LogP contribution in [-0.2, 0) is 4.74 Å². The molecule has 3 rings (SSSR count). The summed E-state index contributed by atoms with van der Waals surface area (Å²) in [4.78, 5) is 34.3. The van der Waals surface area contributed by atoms with E-state index >= 15 is 0 Å². The molecule has 7 nitrogen and oxygen atoms in total. The fourth-order valence-electron chi connectivity index (χ4n) is 2.73. The van der Waals surface area contributed by atoms with Crippen molar-refractivity contribution in [2.24, 2.45) is 0 Å². The average Bonchev–Trinajstić information content (AvgIpc) is 2.68. The monoisotopic (exact) mass is 340 g/mol. The summed E-state index contributed by atoms with van der Waals surface area (Å²) in [7, 11) is 1.34. The number of carbonyl (C=O) groups is 2. The number of rotatable bonds is 4. The number of nitrogens with one attached hydrogen (secondary N) is 1. The Hall–Kier alpha value is -2.96. The van der Waals surface area contributed by atoms with Crippen molar-refractivity contribution in [2.45, 2.75) is 19.3 Å². The predicted octanol–water partition coefficient (Wildman–Crippen LogP) is 2.63. The second kappa shape index (κ2) is 7.74. The minimum atomic E-state index is -0.392. The lowest BCUT2D eigenvalue weighted by molar-refractivity contribution is 0.0600. The van der Waals surface area contributed by atoms with Gasteiger partial charge in [-0.25, -0.2) is 14.8 Å². The highest BCUT2D eigenvalue weighted by atomic mass is 16.5. The summed E-state index contributed by atoms with van der Waals surface area (Å²) in [6.07, 6.45) is 4.81. The number of aromatic nitrogens is 2. The Morgan fingerprint density at radius 1 is 1.08 bits per heavy atom. The van der Waals surface area contributed by atoms with Crippen molar-refractivity contribution in [1.29, 1.82) is 0 Å². The van der Waals surface area contributed by atoms with Crippen LogP contribution in [0.1, 0.15) is 40.1 Å². The molecule has 1 fully saturated rings. The summed E-state index contributed by atoms with van der Waals surface area (Å²) in [6.45, 7) is 1.56. The number of anilines is 2. The second-order valence-electron chi connectivity index (χ2n) is 5.81. The number of ether oxygens (including phenoxy) is 1. The number of piperidine rings is 1. The fourth-order valence-corrected chi connectivity index (χ4v) is 2.73. The van der Waals surface area contributed by atoms with Crippen LogP contribution in [0, 0.1) is 0 Å². The molecule has 1 aromatic heterocycles. The first-order chi connectivity index (χ1) is 12.2. The molecule has 1 aliphatic heterocycles. The Balaban J connectivity index is 1.71. The van der Waals surface area contributed by atoms with Crippen LogP contribution < -0.4 is 5.32 Å². The molecular formula is C18H20N4O3. The molecule has 1 N–H and O–H groups in total. The summed E-state index contributed by atoms with van der Waals surface area (Å²) in [5, 5.41) is 3.04. The zero-order valence-electron chi connectivity index (χ0n) is 14.1. The first-order valence-corrected chi connectivity index (χ1v) is 8.25. The van der Waals surface area contributed by atoms with Crippen molar-refractivity contribution < 1.29 is 14.3 Å². The molecule has 2 heterocycles. The Morgan fingerprint density at radius 3 is 2.48 bits per heavy atom. The van der Waals surface area contributed by atoms with Crippen molar-refractivity contribution >= 4 is 23.5 Å². The average molecular weight is 340 g/mol. The number of methoxy groups -OCH3 is 1. The Kier molecular flexibility index (Phi) is 5.23. The smallest absolute Gasteiger partial charge is 0.337 e. The van der Waals surface area contributed by atoms with Gasteiger partial charge in [-0.15, -0.1) is 0 Å². The third kappa shape index (κ3) is 4.12. The molecule has 25 heavy (non-hydrogen) atoms. The van der Waals surface area contributed by atoms with Gasteiger partial charge in [0.1, 0.15) is 5.69 Å². The van der Waals surface area contributed by atoms with E-state index in [0.29, 0.717) is 17.2 Å². The lowest BCUT2D eigenvalue weighted by Crippen LogP contribution is -2.36. The number of amides is 1. The van der Waals surface area contributed by atoms with E-state index in [1.165, 1.54) is 13.5 Å². The molecule has 1 aromatic carbocycles. The minimum Gasteiger partial charge on any atom is -0.465 e. The van der Waals surface area contributed by atoms with Gasteiger partial charge in [0.15, 0.2) is 0 Å². The van der Waals surface area contributed by atoms with Gasteiger partial charge in [-0.05, 0) is 49.6 Å². The normalized spacial score (nSPS) is 14.0. The Labute approximate surface area is 146 Å². The molecule has 0 bridgehead atoms. The molecule has 1 aliphatic rings. The number of carbonyl (C=O) groups excluding carboxylic acids is 2. The maximum absolute atomic E-state index is 12.5. The van der Waals surface area contributed by atoms with Crippen LogP contribution in [0.25, 0.3) is 0 Å². The number of nitrogens with zero attached hydrogens (tertiary/aromatic N) is 3. The van der Waals surface area contributed by atoms with Gasteiger partial charge in [0.05, 0.1) is 12.7 Å². The van der Waals surface area contributed by atoms with E-state index in [-0.39, 0.29) is 5.91 Å². The molecular weight excluding hydrogens is 320 g/mol. The first-order valence-electron chi connectivity index (χ1n) is 8.25. The largest absolute Gasteiger partial charge is 0.465 e. The van der Waals surface area contributed by atoms with Crippen LogP contribution >= 0.6 is 0 Å². The van der Waals surface area contributed by atoms with Gasteiger partial charge < -0.3 is 15.0 Å². The molecule has 130 valence electrons. The Morgan fingerprint density at radius 2 is 1.80 bits per heavy atom. The highest BCUT2D eigenvalue weighted by Crippen LogP contribution is 2.16. The molecule has 0 aliphatic carbocycles. The number of benzene rings is 1. The number of hydrogen-bond donors (Lipinski definition) is 1. The van der Waals surface area contributed by atoms with Gasteiger partial charge in [-0.1, -0.05) is 0 Å². The van der Waals surface area contributed by atoms with E-state index in [1.54, 1.807) is 36.5 Å². The number of likely N-dealkylation sites (tertiary alicyclic amines) is 1. The van der Waals surface area contributed by atoms with Crippen molar-refractivity contribution in [3.63, 3.8) is 0 Å². The third-order valence-corrected chi connectivity index (χ3v) is 4.08. The highest BCUT2D eigenvalue weighted by molar-refractivity contribution is 5.92. The summed E-state index contributed by atoms with van der Waals surface area (Å²) < 4.78 is 4.67. The van der Waals surface area contributed by atoms with Crippen molar-refractivity contribution in [3.05, 3.63) is 47.8 Å². The molecule has 0 saturated carbocycles. The van der Waals surface area contributed by atoms with Crippen LogP contribution in [0.3, 0.4) is 0 Å². The maximum Gasteiger partial charge on any atom is 0.337 e. The molecule has 2 aromatic rings. The number of hydrogen-bond acceptors (Lipinski definition) is 6. The van der Waals surface area contributed by atoms with Gasteiger partial charge in [-0.3, -0.25) is 4.79 Å². The van der Waals surface area contributed by atoms with Gasteiger partial charge in [0.25, 0.3) is 5.91 Å². The zero-order chi connectivity index (χ0) is 17.6. The van der Waals surface area contributed by atoms with Crippen LogP contribution in [0.4, 0.5) is 11.6 Å². The quantitative estimate of drug-likeness (QED) is 0.861. The topological polar surface area (TPSA) is 84.4 Å². The van der Waals surface area contributed by atoms with E-state index in [4.69, 9.17) is 0 Å². The van der Waals surface area contributed by atoms with E-state index in [2.05, 4.69) is 20.0 Å². The van der Waals surface area contributed by atoms with Crippen molar-refractivity contribution in [3.8, 4) is 0 Å². The summed E-state index contributed by atoms with van der Waals surface area (Å²) in [5.41, 5.74) is 1.56. The standard InChI is InChI=1S/C18H20N4O3/c1-25-17(24)13-5-7-14(8-6-13)20-18-19-10-9-15(21-18)16(23)22-11-3-2-4-12-22/h5-10H,2-4,11-12H2,1H3,(H,19,20,21). The van der Waals surface area contributed by atoms with E-state index < -0.39 is 5.97 Å².